The predicted molar refractivity (Wildman–Crippen MR) is 60.9 cm³/mol. The SMILES string of the molecule is CC(O)Cc1cccc(C2(N=C=O)CC2)c1. The summed E-state index contributed by atoms with van der Waals surface area (Å²) >= 11 is 0. The highest BCUT2D eigenvalue weighted by Crippen LogP contribution is 2.49. The van der Waals surface area contributed by atoms with E-state index in [-0.39, 0.29) is 11.6 Å². The first-order valence-electron chi connectivity index (χ1n) is 5.53. The number of carbonyl (C=O) groups excluding carboxylic acids is 1. The second-order valence-corrected chi connectivity index (χ2v) is 4.49. The normalized spacial score (nSPS) is 18.6. The highest BCUT2D eigenvalue weighted by molar-refractivity contribution is 5.42. The molecule has 3 heteroatoms. The Balaban J connectivity index is 2.26. The van der Waals surface area contributed by atoms with Crippen LogP contribution in [0, 0.1) is 0 Å². The fourth-order valence-electron chi connectivity index (χ4n) is 2.00. The van der Waals surface area contributed by atoms with Crippen molar-refractivity contribution in [1.29, 1.82) is 0 Å². The van der Waals surface area contributed by atoms with Gasteiger partial charge >= 0.3 is 0 Å². The molecular weight excluding hydrogens is 202 g/mol. The van der Waals surface area contributed by atoms with Gasteiger partial charge in [0.15, 0.2) is 0 Å². The molecule has 1 fully saturated rings. The molecule has 1 atom stereocenters. The van der Waals surface area contributed by atoms with Gasteiger partial charge in [0.2, 0.25) is 6.08 Å². The maximum Gasteiger partial charge on any atom is 0.235 e. The Hall–Kier alpha value is -1.44. The van der Waals surface area contributed by atoms with Crippen molar-refractivity contribution in [3.8, 4) is 0 Å². The van der Waals surface area contributed by atoms with E-state index in [1.165, 1.54) is 0 Å². The summed E-state index contributed by atoms with van der Waals surface area (Å²) in [5.41, 5.74) is 1.84. The molecule has 1 aliphatic carbocycles. The van der Waals surface area contributed by atoms with Crippen LogP contribution in [0.2, 0.25) is 0 Å². The smallest absolute Gasteiger partial charge is 0.235 e. The van der Waals surface area contributed by atoms with Crippen LogP contribution in [0.4, 0.5) is 0 Å². The lowest BCUT2D eigenvalue weighted by Gasteiger charge is -2.11. The fraction of sp³-hybridized carbons (Fsp3) is 0.462. The Labute approximate surface area is 94.8 Å². The molecule has 0 radical (unpaired) electrons. The molecule has 3 nitrogen and oxygen atoms in total. The lowest BCUT2D eigenvalue weighted by atomic mass is 10.00. The minimum absolute atomic E-state index is 0.309. The predicted octanol–water partition coefficient (Wildman–Crippen LogP) is 1.93. The molecule has 0 aromatic heterocycles. The summed E-state index contributed by atoms with van der Waals surface area (Å²) in [6.45, 7) is 1.77. The molecule has 0 heterocycles. The molecule has 1 aromatic rings. The molecule has 1 N–H and O–H groups in total. The van der Waals surface area contributed by atoms with E-state index in [0.29, 0.717) is 6.42 Å². The minimum Gasteiger partial charge on any atom is -0.393 e. The van der Waals surface area contributed by atoms with Gasteiger partial charge in [0, 0.05) is 0 Å². The molecule has 0 aliphatic heterocycles. The van der Waals surface area contributed by atoms with E-state index in [1.807, 2.05) is 24.3 Å². The van der Waals surface area contributed by atoms with Crippen molar-refractivity contribution in [3.63, 3.8) is 0 Å². The molecule has 1 saturated carbocycles. The molecule has 0 amide bonds. The standard InChI is InChI=1S/C13H15NO2/c1-10(16)7-11-3-2-4-12(8-11)13(5-6-13)14-9-15/h2-4,8,10,16H,5-7H2,1H3. The molecule has 1 aliphatic rings. The number of aliphatic hydroxyl groups excluding tert-OH is 1. The van der Waals surface area contributed by atoms with Crippen LogP contribution in [0.3, 0.4) is 0 Å². The zero-order valence-electron chi connectivity index (χ0n) is 9.31. The number of rotatable bonds is 4. The number of hydrogen-bond acceptors (Lipinski definition) is 3. The third kappa shape index (κ3) is 2.21. The molecule has 0 spiro atoms. The van der Waals surface area contributed by atoms with Crippen molar-refractivity contribution < 1.29 is 9.90 Å². The summed E-state index contributed by atoms with van der Waals surface area (Å²) in [5.74, 6) is 0. The maximum atomic E-state index is 10.4. The lowest BCUT2D eigenvalue weighted by Crippen LogP contribution is -2.07. The van der Waals surface area contributed by atoms with Crippen molar-refractivity contribution in [2.24, 2.45) is 4.99 Å². The Kier molecular flexibility index (Phi) is 2.90. The van der Waals surface area contributed by atoms with E-state index in [0.717, 1.165) is 24.0 Å². The van der Waals surface area contributed by atoms with Crippen molar-refractivity contribution in [3.05, 3.63) is 35.4 Å². The van der Waals surface area contributed by atoms with Gasteiger partial charge in [-0.1, -0.05) is 24.3 Å². The number of aliphatic imine (C=N–C) groups is 1. The van der Waals surface area contributed by atoms with Crippen molar-refractivity contribution >= 4 is 6.08 Å². The largest absolute Gasteiger partial charge is 0.393 e. The first-order valence-corrected chi connectivity index (χ1v) is 5.53. The Bertz CT molecular complexity index is 429. The first-order chi connectivity index (χ1) is 7.66. The van der Waals surface area contributed by atoms with Crippen LogP contribution in [0.15, 0.2) is 29.3 Å². The van der Waals surface area contributed by atoms with Crippen LogP contribution in [-0.2, 0) is 16.8 Å². The van der Waals surface area contributed by atoms with E-state index < -0.39 is 0 Å². The number of nitrogens with zero attached hydrogens (tertiary/aromatic N) is 1. The minimum atomic E-state index is -0.347. The summed E-state index contributed by atoms with van der Waals surface area (Å²) in [6.07, 6.45) is 3.78. The van der Waals surface area contributed by atoms with Gasteiger partial charge in [-0.15, -0.1) is 0 Å². The third-order valence-corrected chi connectivity index (χ3v) is 2.98. The Morgan fingerprint density at radius 3 is 2.88 bits per heavy atom. The molecule has 1 aromatic carbocycles. The topological polar surface area (TPSA) is 49.7 Å². The van der Waals surface area contributed by atoms with Crippen LogP contribution < -0.4 is 0 Å². The quantitative estimate of drug-likeness (QED) is 0.619. The van der Waals surface area contributed by atoms with E-state index in [1.54, 1.807) is 13.0 Å². The fourth-order valence-corrected chi connectivity index (χ4v) is 2.00. The van der Waals surface area contributed by atoms with Gasteiger partial charge in [0.05, 0.1) is 11.6 Å². The number of isocyanates is 1. The third-order valence-electron chi connectivity index (χ3n) is 2.98. The monoisotopic (exact) mass is 217 g/mol. The van der Waals surface area contributed by atoms with Gasteiger partial charge in [-0.05, 0) is 37.3 Å². The van der Waals surface area contributed by atoms with E-state index in [9.17, 15) is 9.90 Å². The summed E-state index contributed by atoms with van der Waals surface area (Å²) in [5, 5.41) is 9.33. The lowest BCUT2D eigenvalue weighted by molar-refractivity contribution is 0.195. The van der Waals surface area contributed by atoms with Gasteiger partial charge in [-0.2, -0.15) is 4.99 Å². The van der Waals surface area contributed by atoms with Crippen LogP contribution in [-0.4, -0.2) is 17.3 Å². The highest BCUT2D eigenvalue weighted by Gasteiger charge is 2.44. The van der Waals surface area contributed by atoms with Gasteiger partial charge in [0.25, 0.3) is 0 Å². The van der Waals surface area contributed by atoms with Gasteiger partial charge in [-0.3, -0.25) is 0 Å². The van der Waals surface area contributed by atoms with Gasteiger partial charge in [-0.25, -0.2) is 4.79 Å². The average Bonchev–Trinajstić information content (AvgIpc) is 2.99. The zero-order valence-corrected chi connectivity index (χ0v) is 9.31. The molecule has 0 saturated heterocycles. The van der Waals surface area contributed by atoms with Crippen LogP contribution >= 0.6 is 0 Å². The number of benzene rings is 1. The van der Waals surface area contributed by atoms with Crippen LogP contribution in [0.5, 0.6) is 0 Å². The van der Waals surface area contributed by atoms with E-state index >= 15 is 0 Å². The van der Waals surface area contributed by atoms with Gasteiger partial charge in [0.1, 0.15) is 0 Å². The molecule has 16 heavy (non-hydrogen) atoms. The summed E-state index contributed by atoms with van der Waals surface area (Å²) in [4.78, 5) is 14.3. The molecule has 2 rings (SSSR count). The van der Waals surface area contributed by atoms with Gasteiger partial charge < -0.3 is 5.11 Å². The second-order valence-electron chi connectivity index (χ2n) is 4.49. The highest BCUT2D eigenvalue weighted by atomic mass is 16.3. The average molecular weight is 217 g/mol. The van der Waals surface area contributed by atoms with Crippen molar-refractivity contribution in [1.82, 2.24) is 0 Å². The molecule has 1 unspecified atom stereocenters. The number of aliphatic hydroxyl groups is 1. The summed E-state index contributed by atoms with van der Waals surface area (Å²) in [6, 6.07) is 7.95. The molecule has 0 bridgehead atoms. The van der Waals surface area contributed by atoms with Crippen molar-refractivity contribution in [2.45, 2.75) is 37.8 Å². The zero-order chi connectivity index (χ0) is 11.6. The summed E-state index contributed by atoms with van der Waals surface area (Å²) in [7, 11) is 0. The Morgan fingerprint density at radius 2 is 2.31 bits per heavy atom. The Morgan fingerprint density at radius 1 is 1.56 bits per heavy atom. The number of hydrogen-bond donors (Lipinski definition) is 1. The van der Waals surface area contributed by atoms with Crippen LogP contribution in [0.1, 0.15) is 30.9 Å². The summed E-state index contributed by atoms with van der Waals surface area (Å²) < 4.78 is 0. The van der Waals surface area contributed by atoms with Crippen LogP contribution in [0.25, 0.3) is 0 Å². The maximum absolute atomic E-state index is 10.4. The van der Waals surface area contributed by atoms with E-state index in [2.05, 4.69) is 4.99 Å². The van der Waals surface area contributed by atoms with E-state index in [4.69, 9.17) is 0 Å². The first kappa shape index (κ1) is 11.1. The molecule has 84 valence electrons. The molecular formula is C13H15NO2. The van der Waals surface area contributed by atoms with Crippen molar-refractivity contribution in [2.75, 3.05) is 0 Å². The second kappa shape index (κ2) is 4.20.